The van der Waals surface area contributed by atoms with Crippen molar-refractivity contribution in [3.8, 4) is 5.75 Å². The quantitative estimate of drug-likeness (QED) is 0.637. The van der Waals surface area contributed by atoms with E-state index in [1.807, 2.05) is 30.3 Å². The van der Waals surface area contributed by atoms with E-state index < -0.39 is 16.1 Å². The average Bonchev–Trinajstić information content (AvgIpc) is 2.89. The Hall–Kier alpha value is -3.32. The first-order valence-electron chi connectivity index (χ1n) is 10.1. The summed E-state index contributed by atoms with van der Waals surface area (Å²) in [4.78, 5) is 14.8. The number of nitrogens with zero attached hydrogens (tertiary/aromatic N) is 1. The molecule has 1 amide bonds. The smallest absolute Gasteiger partial charge is 0.263 e. The number of anilines is 1. The van der Waals surface area contributed by atoms with Gasteiger partial charge in [-0.25, -0.2) is 8.42 Å². The van der Waals surface area contributed by atoms with Crippen molar-refractivity contribution in [1.29, 1.82) is 0 Å². The highest BCUT2D eigenvalue weighted by Crippen LogP contribution is 2.29. The lowest BCUT2D eigenvalue weighted by Gasteiger charge is -2.22. The summed E-state index contributed by atoms with van der Waals surface area (Å²) in [6.07, 6.45) is 0.124. The Kier molecular flexibility index (Phi) is 5.95. The number of benzene rings is 3. The van der Waals surface area contributed by atoms with E-state index in [4.69, 9.17) is 4.74 Å². The molecule has 4 rings (SSSR count). The number of hydrogen-bond donors (Lipinski definition) is 1. The van der Waals surface area contributed by atoms with Gasteiger partial charge in [0.2, 0.25) is 0 Å². The van der Waals surface area contributed by atoms with Crippen LogP contribution in [0.2, 0.25) is 0 Å². The first kappa shape index (κ1) is 20.9. The topological polar surface area (TPSA) is 75.7 Å². The lowest BCUT2D eigenvalue weighted by Crippen LogP contribution is -2.39. The number of hydrogen-bond acceptors (Lipinski definition) is 4. The molecule has 3 aromatic rings. The van der Waals surface area contributed by atoms with Gasteiger partial charge in [-0.2, -0.15) is 0 Å². The van der Waals surface area contributed by atoms with Gasteiger partial charge in [0, 0.05) is 24.3 Å². The Balaban J connectivity index is 1.55. The van der Waals surface area contributed by atoms with Crippen molar-refractivity contribution >= 4 is 21.6 Å². The van der Waals surface area contributed by atoms with Crippen molar-refractivity contribution in [3.63, 3.8) is 0 Å². The Morgan fingerprint density at radius 3 is 2.39 bits per heavy atom. The number of fused-ring (bicyclic) bond motifs is 1. The van der Waals surface area contributed by atoms with Crippen LogP contribution in [0, 0.1) is 0 Å². The van der Waals surface area contributed by atoms with Crippen molar-refractivity contribution < 1.29 is 17.9 Å². The Bertz CT molecular complexity index is 1160. The number of carbonyl (C=O) groups excluding carboxylic acids is 1. The third-order valence-corrected chi connectivity index (χ3v) is 6.60. The van der Waals surface area contributed by atoms with E-state index in [0.29, 0.717) is 24.5 Å². The van der Waals surface area contributed by atoms with Crippen LogP contribution in [0.3, 0.4) is 0 Å². The van der Waals surface area contributed by atoms with E-state index in [9.17, 15) is 13.2 Å². The van der Waals surface area contributed by atoms with Crippen LogP contribution in [-0.4, -0.2) is 31.9 Å². The predicted octanol–water partition coefficient (Wildman–Crippen LogP) is 3.84. The average molecular weight is 437 g/mol. The van der Waals surface area contributed by atoms with Gasteiger partial charge in [-0.3, -0.25) is 9.52 Å². The molecule has 0 radical (unpaired) electrons. The van der Waals surface area contributed by atoms with E-state index in [-0.39, 0.29) is 10.8 Å². The lowest BCUT2D eigenvalue weighted by atomic mass is 10.1. The second-order valence-electron chi connectivity index (χ2n) is 7.50. The molecule has 0 spiro atoms. The van der Waals surface area contributed by atoms with Crippen LogP contribution < -0.4 is 9.46 Å². The summed E-state index contributed by atoms with van der Waals surface area (Å²) in [5, 5.41) is 0. The van der Waals surface area contributed by atoms with E-state index in [1.165, 1.54) is 0 Å². The normalized spacial score (nSPS) is 16.2. The SMILES string of the molecule is C[C@@H]1Oc2ccc(NS(=O)(=O)c3ccccc3)cc2CN(CCc2ccccc2)C1=O. The molecule has 0 bridgehead atoms. The molecular weight excluding hydrogens is 412 g/mol. The van der Waals surface area contributed by atoms with E-state index in [0.717, 1.165) is 17.5 Å². The number of amides is 1. The molecule has 1 heterocycles. The first-order valence-corrected chi connectivity index (χ1v) is 11.6. The second-order valence-corrected chi connectivity index (χ2v) is 9.18. The number of ether oxygens (including phenoxy) is 1. The number of carbonyl (C=O) groups is 1. The summed E-state index contributed by atoms with van der Waals surface area (Å²) in [6, 6.07) is 23.3. The van der Waals surface area contributed by atoms with Gasteiger partial charge in [-0.1, -0.05) is 48.5 Å². The molecule has 1 atom stereocenters. The van der Waals surface area contributed by atoms with Crippen LogP contribution in [0.5, 0.6) is 5.75 Å². The summed E-state index contributed by atoms with van der Waals surface area (Å²) in [7, 11) is -3.70. The Morgan fingerprint density at radius 1 is 1.00 bits per heavy atom. The fourth-order valence-corrected chi connectivity index (χ4v) is 4.65. The van der Waals surface area contributed by atoms with Crippen LogP contribution in [0.15, 0.2) is 83.8 Å². The summed E-state index contributed by atoms with van der Waals surface area (Å²) >= 11 is 0. The van der Waals surface area contributed by atoms with Gasteiger partial charge in [0.25, 0.3) is 15.9 Å². The zero-order valence-electron chi connectivity index (χ0n) is 17.2. The van der Waals surface area contributed by atoms with Crippen molar-refractivity contribution in [3.05, 3.63) is 90.0 Å². The summed E-state index contributed by atoms with van der Waals surface area (Å²) in [6.45, 7) is 2.64. The van der Waals surface area contributed by atoms with Gasteiger partial charge >= 0.3 is 0 Å². The molecule has 1 N–H and O–H groups in total. The van der Waals surface area contributed by atoms with Crippen LogP contribution in [0.4, 0.5) is 5.69 Å². The maximum absolute atomic E-state index is 12.8. The van der Waals surface area contributed by atoms with Gasteiger partial charge in [0.15, 0.2) is 6.10 Å². The third-order valence-electron chi connectivity index (χ3n) is 5.20. The van der Waals surface area contributed by atoms with Gasteiger partial charge in [0.05, 0.1) is 4.90 Å². The highest BCUT2D eigenvalue weighted by Gasteiger charge is 2.28. The second kappa shape index (κ2) is 8.81. The minimum absolute atomic E-state index is 0.0847. The molecule has 1 aliphatic heterocycles. The molecule has 7 heteroatoms. The molecular formula is C24H24N2O4S. The fourth-order valence-electron chi connectivity index (χ4n) is 3.57. The summed E-state index contributed by atoms with van der Waals surface area (Å²) in [5.74, 6) is 0.504. The minimum Gasteiger partial charge on any atom is -0.481 e. The van der Waals surface area contributed by atoms with Crippen LogP contribution >= 0.6 is 0 Å². The zero-order chi connectivity index (χ0) is 21.8. The van der Waals surface area contributed by atoms with Crippen LogP contribution in [0.1, 0.15) is 18.1 Å². The van der Waals surface area contributed by atoms with E-state index >= 15 is 0 Å². The first-order chi connectivity index (χ1) is 14.9. The van der Waals surface area contributed by atoms with Gasteiger partial charge in [-0.15, -0.1) is 0 Å². The third kappa shape index (κ3) is 4.88. The maximum Gasteiger partial charge on any atom is 0.263 e. The molecule has 0 saturated heterocycles. The van der Waals surface area contributed by atoms with E-state index in [1.54, 1.807) is 60.4 Å². The molecule has 1 aliphatic rings. The summed E-state index contributed by atoms with van der Waals surface area (Å²) < 4.78 is 33.8. The molecule has 3 aromatic carbocycles. The van der Waals surface area contributed by atoms with Crippen molar-refractivity contribution in [2.45, 2.75) is 30.9 Å². The number of nitrogens with one attached hydrogen (secondary N) is 1. The molecule has 160 valence electrons. The number of sulfonamides is 1. The van der Waals surface area contributed by atoms with E-state index in [2.05, 4.69) is 4.72 Å². The fraction of sp³-hybridized carbons (Fsp3) is 0.208. The molecule has 0 unspecified atom stereocenters. The minimum atomic E-state index is -3.70. The van der Waals surface area contributed by atoms with Crippen molar-refractivity contribution in [2.24, 2.45) is 0 Å². The highest BCUT2D eigenvalue weighted by atomic mass is 32.2. The van der Waals surface area contributed by atoms with Crippen LogP contribution in [0.25, 0.3) is 0 Å². The van der Waals surface area contributed by atoms with Gasteiger partial charge in [0.1, 0.15) is 5.75 Å². The van der Waals surface area contributed by atoms with Crippen LogP contribution in [-0.2, 0) is 27.8 Å². The molecule has 0 saturated carbocycles. The Morgan fingerprint density at radius 2 is 1.68 bits per heavy atom. The number of rotatable bonds is 6. The molecule has 31 heavy (non-hydrogen) atoms. The lowest BCUT2D eigenvalue weighted by molar-refractivity contribution is -0.137. The maximum atomic E-state index is 12.8. The van der Waals surface area contributed by atoms with Gasteiger partial charge in [-0.05, 0) is 49.2 Å². The molecule has 0 aliphatic carbocycles. The predicted molar refractivity (Wildman–Crippen MR) is 119 cm³/mol. The standard InChI is InChI=1S/C24H24N2O4S/c1-18-24(27)26(15-14-19-8-4-2-5-9-19)17-20-16-21(12-13-23(20)30-18)25-31(28,29)22-10-6-3-7-11-22/h2-13,16,18,25H,14-15,17H2,1H3/t18-/m0/s1. The largest absolute Gasteiger partial charge is 0.481 e. The summed E-state index contributed by atoms with van der Waals surface area (Å²) in [5.41, 5.74) is 2.34. The molecule has 0 aromatic heterocycles. The Labute approximate surface area is 182 Å². The zero-order valence-corrected chi connectivity index (χ0v) is 18.0. The van der Waals surface area contributed by atoms with Gasteiger partial charge < -0.3 is 9.64 Å². The molecule has 0 fully saturated rings. The van der Waals surface area contributed by atoms with Crippen molar-refractivity contribution in [2.75, 3.05) is 11.3 Å². The monoisotopic (exact) mass is 436 g/mol. The van der Waals surface area contributed by atoms with Crippen molar-refractivity contribution in [1.82, 2.24) is 4.90 Å². The highest BCUT2D eigenvalue weighted by molar-refractivity contribution is 7.92. The molecule has 6 nitrogen and oxygen atoms in total.